The van der Waals surface area contributed by atoms with Crippen molar-refractivity contribution in [2.24, 2.45) is 0 Å². The topological polar surface area (TPSA) is 30.7 Å². The van der Waals surface area contributed by atoms with Gasteiger partial charge < -0.3 is 0 Å². The fraction of sp³-hybridized carbons (Fsp3) is 0.182. The molecule has 4 aromatic rings. The van der Waals surface area contributed by atoms with Crippen molar-refractivity contribution in [3.8, 4) is 16.9 Å². The summed E-state index contributed by atoms with van der Waals surface area (Å²) in [5.41, 5.74) is 1.98. The molecule has 0 aliphatic carbocycles. The molecule has 0 radical (unpaired) electrons. The first-order valence-corrected chi connectivity index (χ1v) is 9.95. The monoisotopic (exact) mass is 449 g/mol. The van der Waals surface area contributed by atoms with E-state index in [9.17, 15) is 13.2 Å². The lowest BCUT2D eigenvalue weighted by Crippen LogP contribution is -2.00. The highest BCUT2D eigenvalue weighted by Crippen LogP contribution is 2.37. The molecule has 30 heavy (non-hydrogen) atoms. The van der Waals surface area contributed by atoms with E-state index in [2.05, 4.69) is 10.1 Å². The molecule has 0 aliphatic heterocycles. The van der Waals surface area contributed by atoms with E-state index in [1.807, 2.05) is 13.8 Å². The summed E-state index contributed by atoms with van der Waals surface area (Å²) < 4.78 is 43.0. The zero-order valence-electron chi connectivity index (χ0n) is 16.0. The normalized spacial score (nSPS) is 11.8. The standard InChI is InChI=1S/C22H16Cl2F3N3/c1-11(2)20-19-15(21(26)27)10-18(12-3-8-16(23)17(24)9-12)28-22(19)30(29-20)14-6-4-13(25)5-7-14/h3-11,21H,1-2H3. The van der Waals surface area contributed by atoms with Gasteiger partial charge in [0.1, 0.15) is 5.82 Å². The van der Waals surface area contributed by atoms with E-state index in [1.165, 1.54) is 35.0 Å². The molecule has 4 rings (SSSR count). The van der Waals surface area contributed by atoms with E-state index in [-0.39, 0.29) is 17.1 Å². The highest BCUT2D eigenvalue weighted by Gasteiger charge is 2.24. The maximum absolute atomic E-state index is 14.1. The third-order valence-electron chi connectivity index (χ3n) is 4.76. The van der Waals surface area contributed by atoms with Gasteiger partial charge in [0.2, 0.25) is 0 Å². The second-order valence-corrected chi connectivity index (χ2v) is 7.97. The summed E-state index contributed by atoms with van der Waals surface area (Å²) >= 11 is 12.1. The number of nitrogens with zero attached hydrogens (tertiary/aromatic N) is 3. The first-order valence-electron chi connectivity index (χ1n) is 9.19. The van der Waals surface area contributed by atoms with Crippen LogP contribution in [0, 0.1) is 5.82 Å². The maximum atomic E-state index is 14.1. The zero-order chi connectivity index (χ0) is 21.6. The molecular weight excluding hydrogens is 434 g/mol. The fourth-order valence-electron chi connectivity index (χ4n) is 3.31. The van der Waals surface area contributed by atoms with Crippen LogP contribution in [0.5, 0.6) is 0 Å². The van der Waals surface area contributed by atoms with E-state index in [4.69, 9.17) is 23.2 Å². The molecule has 0 fully saturated rings. The van der Waals surface area contributed by atoms with Gasteiger partial charge in [-0.25, -0.2) is 22.8 Å². The molecule has 3 nitrogen and oxygen atoms in total. The Hall–Kier alpha value is -2.57. The Morgan fingerprint density at radius 2 is 1.63 bits per heavy atom. The molecule has 8 heteroatoms. The van der Waals surface area contributed by atoms with Crippen molar-refractivity contribution in [1.82, 2.24) is 14.8 Å². The summed E-state index contributed by atoms with van der Waals surface area (Å²) in [5.74, 6) is -0.527. The molecule has 0 spiro atoms. The fourth-order valence-corrected chi connectivity index (χ4v) is 3.61. The molecular formula is C22H16Cl2F3N3. The van der Waals surface area contributed by atoms with Crippen LogP contribution in [0.4, 0.5) is 13.2 Å². The third kappa shape index (κ3) is 3.66. The Kier molecular flexibility index (Phi) is 5.47. The van der Waals surface area contributed by atoms with Gasteiger partial charge in [-0.3, -0.25) is 0 Å². The van der Waals surface area contributed by atoms with Gasteiger partial charge in [-0.05, 0) is 48.4 Å². The van der Waals surface area contributed by atoms with Crippen LogP contribution in [-0.2, 0) is 0 Å². The minimum absolute atomic E-state index is 0.121. The van der Waals surface area contributed by atoms with Crippen molar-refractivity contribution in [1.29, 1.82) is 0 Å². The Balaban J connectivity index is 2.06. The summed E-state index contributed by atoms with van der Waals surface area (Å²) in [7, 11) is 0. The number of benzene rings is 2. The van der Waals surface area contributed by atoms with Gasteiger partial charge in [0.25, 0.3) is 6.43 Å². The summed E-state index contributed by atoms with van der Waals surface area (Å²) in [6.45, 7) is 3.75. The molecule has 0 N–H and O–H groups in total. The number of alkyl halides is 2. The smallest absolute Gasteiger partial charge is 0.228 e. The Morgan fingerprint density at radius 1 is 0.933 bits per heavy atom. The van der Waals surface area contributed by atoms with Crippen LogP contribution in [0.2, 0.25) is 10.0 Å². The Bertz CT molecular complexity index is 1230. The summed E-state index contributed by atoms with van der Waals surface area (Å²) in [6.07, 6.45) is -2.74. The number of fused-ring (bicyclic) bond motifs is 1. The van der Waals surface area contributed by atoms with E-state index in [0.29, 0.717) is 38.1 Å². The summed E-state index contributed by atoms with van der Waals surface area (Å²) in [6, 6.07) is 11.8. The number of pyridine rings is 1. The van der Waals surface area contributed by atoms with Crippen LogP contribution >= 0.6 is 23.2 Å². The number of halogens is 5. The quantitative estimate of drug-likeness (QED) is 0.321. The first-order chi connectivity index (χ1) is 14.3. The van der Waals surface area contributed by atoms with Crippen LogP contribution < -0.4 is 0 Å². The highest BCUT2D eigenvalue weighted by molar-refractivity contribution is 6.42. The summed E-state index contributed by atoms with van der Waals surface area (Å²) in [5, 5.41) is 5.50. The number of rotatable bonds is 4. The predicted molar refractivity (Wildman–Crippen MR) is 113 cm³/mol. The van der Waals surface area contributed by atoms with Gasteiger partial charge in [0.05, 0.1) is 32.5 Å². The van der Waals surface area contributed by atoms with Gasteiger partial charge in [0.15, 0.2) is 5.65 Å². The minimum Gasteiger partial charge on any atom is -0.228 e. The van der Waals surface area contributed by atoms with Gasteiger partial charge in [-0.2, -0.15) is 5.10 Å². The van der Waals surface area contributed by atoms with Gasteiger partial charge in [-0.15, -0.1) is 0 Å². The van der Waals surface area contributed by atoms with E-state index >= 15 is 0 Å². The van der Waals surface area contributed by atoms with Crippen LogP contribution in [0.25, 0.3) is 28.0 Å². The van der Waals surface area contributed by atoms with Crippen molar-refractivity contribution < 1.29 is 13.2 Å². The largest absolute Gasteiger partial charge is 0.264 e. The van der Waals surface area contributed by atoms with Crippen LogP contribution in [0.3, 0.4) is 0 Å². The second kappa shape index (κ2) is 7.93. The third-order valence-corrected chi connectivity index (χ3v) is 5.50. The molecule has 0 aliphatic rings. The molecule has 0 saturated carbocycles. The predicted octanol–water partition coefficient (Wildman–Crippen LogP) is 7.59. The molecule has 0 saturated heterocycles. The number of hydrogen-bond acceptors (Lipinski definition) is 2. The zero-order valence-corrected chi connectivity index (χ0v) is 17.5. The molecule has 2 aromatic carbocycles. The van der Waals surface area contributed by atoms with Crippen LogP contribution in [-0.4, -0.2) is 14.8 Å². The van der Waals surface area contributed by atoms with Gasteiger partial charge in [-0.1, -0.05) is 43.1 Å². The lowest BCUT2D eigenvalue weighted by molar-refractivity contribution is 0.153. The first kappa shape index (κ1) is 20.7. The van der Waals surface area contributed by atoms with Crippen LogP contribution in [0.1, 0.15) is 37.4 Å². The van der Waals surface area contributed by atoms with E-state index in [1.54, 1.807) is 18.2 Å². The maximum Gasteiger partial charge on any atom is 0.264 e. The molecule has 0 unspecified atom stereocenters. The van der Waals surface area contributed by atoms with Crippen molar-refractivity contribution in [3.05, 3.63) is 75.7 Å². The van der Waals surface area contributed by atoms with Crippen molar-refractivity contribution in [2.75, 3.05) is 0 Å². The van der Waals surface area contributed by atoms with E-state index < -0.39 is 12.2 Å². The number of hydrogen-bond donors (Lipinski definition) is 0. The number of aromatic nitrogens is 3. The SMILES string of the molecule is CC(C)c1nn(-c2ccc(F)cc2)c2nc(-c3ccc(Cl)c(Cl)c3)cc(C(F)F)c12. The Morgan fingerprint density at radius 3 is 2.23 bits per heavy atom. The second-order valence-electron chi connectivity index (χ2n) is 7.15. The summed E-state index contributed by atoms with van der Waals surface area (Å²) in [4.78, 5) is 4.63. The van der Waals surface area contributed by atoms with Crippen molar-refractivity contribution in [3.63, 3.8) is 0 Å². The van der Waals surface area contributed by atoms with Crippen molar-refractivity contribution in [2.45, 2.75) is 26.2 Å². The molecule has 2 heterocycles. The molecule has 0 bridgehead atoms. The molecule has 2 aromatic heterocycles. The lowest BCUT2D eigenvalue weighted by atomic mass is 10.0. The molecule has 0 atom stereocenters. The highest BCUT2D eigenvalue weighted by atomic mass is 35.5. The van der Waals surface area contributed by atoms with Gasteiger partial charge >= 0.3 is 0 Å². The van der Waals surface area contributed by atoms with Crippen molar-refractivity contribution >= 4 is 34.2 Å². The van der Waals surface area contributed by atoms with E-state index in [0.717, 1.165) is 0 Å². The lowest BCUT2D eigenvalue weighted by Gasteiger charge is -2.10. The molecule has 154 valence electrons. The van der Waals surface area contributed by atoms with Gasteiger partial charge in [0, 0.05) is 11.1 Å². The molecule has 0 amide bonds. The average Bonchev–Trinajstić information content (AvgIpc) is 3.09. The van der Waals surface area contributed by atoms with Crippen LogP contribution in [0.15, 0.2) is 48.5 Å². The minimum atomic E-state index is -2.74. The Labute approximate surface area is 181 Å². The average molecular weight is 450 g/mol.